The first-order valence-corrected chi connectivity index (χ1v) is 7.96. The van der Waals surface area contributed by atoms with Gasteiger partial charge >= 0.3 is 0 Å². The maximum absolute atomic E-state index is 13.0. The quantitative estimate of drug-likeness (QED) is 0.870. The molecule has 0 N–H and O–H groups in total. The van der Waals surface area contributed by atoms with Crippen molar-refractivity contribution in [2.75, 3.05) is 19.8 Å². The summed E-state index contributed by atoms with van der Waals surface area (Å²) >= 11 is 0. The summed E-state index contributed by atoms with van der Waals surface area (Å²) < 4.78 is 5.54. The Morgan fingerprint density at radius 3 is 3.05 bits per heavy atom. The van der Waals surface area contributed by atoms with Gasteiger partial charge in [-0.15, -0.1) is 0 Å². The van der Waals surface area contributed by atoms with Crippen molar-refractivity contribution in [3.63, 3.8) is 0 Å². The molecule has 2 heterocycles. The van der Waals surface area contributed by atoms with Crippen LogP contribution in [-0.4, -0.2) is 41.6 Å². The number of ether oxygens (including phenoxy) is 1. The zero-order valence-corrected chi connectivity index (χ0v) is 13.2. The number of aromatic nitrogens is 1. The highest BCUT2D eigenvalue weighted by Gasteiger charge is 2.30. The Kier molecular flexibility index (Phi) is 4.39. The number of pyridine rings is 1. The average molecular weight is 298 g/mol. The summed E-state index contributed by atoms with van der Waals surface area (Å²) in [6.45, 7) is 6.05. The van der Waals surface area contributed by atoms with Crippen LogP contribution in [0.4, 0.5) is 0 Å². The highest BCUT2D eigenvalue weighted by Crippen LogP contribution is 2.25. The number of benzene rings is 1. The molecule has 1 aliphatic heterocycles. The Hall–Kier alpha value is -1.94. The number of nitrogens with zero attached hydrogens (tertiary/aromatic N) is 2. The maximum atomic E-state index is 13.0. The van der Waals surface area contributed by atoms with Gasteiger partial charge < -0.3 is 9.64 Å². The van der Waals surface area contributed by atoms with Crippen molar-refractivity contribution in [3.8, 4) is 0 Å². The monoisotopic (exact) mass is 298 g/mol. The van der Waals surface area contributed by atoms with Crippen LogP contribution in [0.15, 0.2) is 30.3 Å². The van der Waals surface area contributed by atoms with Gasteiger partial charge in [0.1, 0.15) is 0 Å². The number of amides is 1. The van der Waals surface area contributed by atoms with Crippen LogP contribution in [0, 0.1) is 6.92 Å². The molecule has 2 aromatic rings. The molecule has 0 unspecified atom stereocenters. The molecule has 4 heteroatoms. The minimum atomic E-state index is 0.101. The van der Waals surface area contributed by atoms with Crippen molar-refractivity contribution in [1.29, 1.82) is 0 Å². The van der Waals surface area contributed by atoms with Gasteiger partial charge in [-0.25, -0.2) is 0 Å². The molecule has 4 nitrogen and oxygen atoms in total. The fourth-order valence-corrected chi connectivity index (χ4v) is 3.17. The number of fused-ring (bicyclic) bond motifs is 1. The van der Waals surface area contributed by atoms with Gasteiger partial charge in [-0.05, 0) is 38.8 Å². The van der Waals surface area contributed by atoms with Gasteiger partial charge in [0, 0.05) is 24.2 Å². The van der Waals surface area contributed by atoms with E-state index in [4.69, 9.17) is 4.74 Å². The predicted octanol–water partition coefficient (Wildman–Crippen LogP) is 3.18. The van der Waals surface area contributed by atoms with Crippen LogP contribution in [0.3, 0.4) is 0 Å². The zero-order chi connectivity index (χ0) is 15.5. The molecule has 0 saturated carbocycles. The number of carbonyl (C=O) groups is 1. The lowest BCUT2D eigenvalue weighted by Gasteiger charge is -2.25. The second kappa shape index (κ2) is 6.44. The molecule has 0 radical (unpaired) electrons. The van der Waals surface area contributed by atoms with Gasteiger partial charge in [0.15, 0.2) is 0 Å². The molecule has 1 atom stereocenters. The standard InChI is InChI=1S/C18H22N2O2/c1-3-22-12-14-7-6-10-20(14)18(21)16-11-13(2)19-17-9-5-4-8-15(16)17/h4-5,8-9,11,14H,3,6-7,10,12H2,1-2H3/t14-/m1/s1. The third kappa shape index (κ3) is 2.83. The van der Waals surface area contributed by atoms with Gasteiger partial charge in [-0.2, -0.15) is 0 Å². The molecule has 1 amide bonds. The number of rotatable bonds is 4. The summed E-state index contributed by atoms with van der Waals surface area (Å²) in [5.74, 6) is 0.101. The molecule has 22 heavy (non-hydrogen) atoms. The lowest BCUT2D eigenvalue weighted by molar-refractivity contribution is 0.0566. The third-order valence-electron chi connectivity index (χ3n) is 4.23. The smallest absolute Gasteiger partial charge is 0.254 e. The maximum Gasteiger partial charge on any atom is 0.254 e. The third-order valence-corrected chi connectivity index (χ3v) is 4.23. The zero-order valence-electron chi connectivity index (χ0n) is 13.2. The Balaban J connectivity index is 1.95. The van der Waals surface area contributed by atoms with Crippen molar-refractivity contribution in [2.24, 2.45) is 0 Å². The minimum Gasteiger partial charge on any atom is -0.380 e. The number of hydrogen-bond acceptors (Lipinski definition) is 3. The summed E-state index contributed by atoms with van der Waals surface area (Å²) in [5.41, 5.74) is 2.51. The topological polar surface area (TPSA) is 42.4 Å². The van der Waals surface area contributed by atoms with Crippen molar-refractivity contribution in [1.82, 2.24) is 9.88 Å². The number of para-hydroxylation sites is 1. The van der Waals surface area contributed by atoms with E-state index in [9.17, 15) is 4.79 Å². The number of aryl methyl sites for hydroxylation is 1. The highest BCUT2D eigenvalue weighted by molar-refractivity contribution is 6.06. The summed E-state index contributed by atoms with van der Waals surface area (Å²) in [6, 6.07) is 9.94. The molecular formula is C18H22N2O2. The van der Waals surface area contributed by atoms with Crippen molar-refractivity contribution in [2.45, 2.75) is 32.7 Å². The fourth-order valence-electron chi connectivity index (χ4n) is 3.17. The van der Waals surface area contributed by atoms with E-state index in [2.05, 4.69) is 4.98 Å². The van der Waals surface area contributed by atoms with Crippen LogP contribution in [-0.2, 0) is 4.74 Å². The lowest BCUT2D eigenvalue weighted by Crippen LogP contribution is -2.38. The van der Waals surface area contributed by atoms with E-state index >= 15 is 0 Å². The van der Waals surface area contributed by atoms with Gasteiger partial charge in [-0.3, -0.25) is 9.78 Å². The average Bonchev–Trinajstić information content (AvgIpc) is 2.99. The summed E-state index contributed by atoms with van der Waals surface area (Å²) in [5, 5.41) is 0.931. The molecule has 1 fully saturated rings. The normalized spacial score (nSPS) is 18.1. The Labute approximate surface area is 131 Å². The van der Waals surface area contributed by atoms with E-state index in [0.717, 1.165) is 41.5 Å². The predicted molar refractivity (Wildman–Crippen MR) is 87.0 cm³/mol. The SMILES string of the molecule is CCOC[C@H]1CCCN1C(=O)c1cc(C)nc2ccccc12. The molecule has 1 aromatic carbocycles. The van der Waals surface area contributed by atoms with Crippen LogP contribution in [0.5, 0.6) is 0 Å². The van der Waals surface area contributed by atoms with Crippen molar-refractivity contribution in [3.05, 3.63) is 41.6 Å². The number of likely N-dealkylation sites (tertiary alicyclic amines) is 1. The second-order valence-corrected chi connectivity index (χ2v) is 5.78. The van der Waals surface area contributed by atoms with Gasteiger partial charge in [0.2, 0.25) is 0 Å². The van der Waals surface area contributed by atoms with Crippen LogP contribution in [0.25, 0.3) is 10.9 Å². The van der Waals surface area contributed by atoms with Gasteiger partial charge in [0.05, 0.1) is 23.7 Å². The molecule has 0 spiro atoms. The summed E-state index contributed by atoms with van der Waals surface area (Å²) in [4.78, 5) is 19.5. The van der Waals surface area contributed by atoms with E-state index < -0.39 is 0 Å². The second-order valence-electron chi connectivity index (χ2n) is 5.78. The first kappa shape index (κ1) is 15.0. The molecule has 116 valence electrons. The number of carbonyl (C=O) groups excluding carboxylic acids is 1. The molecule has 1 saturated heterocycles. The fraction of sp³-hybridized carbons (Fsp3) is 0.444. The van der Waals surface area contributed by atoms with Crippen LogP contribution < -0.4 is 0 Å². The van der Waals surface area contributed by atoms with Crippen LogP contribution >= 0.6 is 0 Å². The van der Waals surface area contributed by atoms with E-state index in [-0.39, 0.29) is 11.9 Å². The van der Waals surface area contributed by atoms with Crippen molar-refractivity contribution < 1.29 is 9.53 Å². The van der Waals surface area contributed by atoms with Crippen molar-refractivity contribution >= 4 is 16.8 Å². The first-order valence-electron chi connectivity index (χ1n) is 7.96. The summed E-state index contributed by atoms with van der Waals surface area (Å²) in [7, 11) is 0. The van der Waals surface area contributed by atoms with Crippen LogP contribution in [0.1, 0.15) is 35.8 Å². The molecule has 1 aliphatic rings. The lowest BCUT2D eigenvalue weighted by atomic mass is 10.1. The molecule has 3 rings (SSSR count). The molecular weight excluding hydrogens is 276 g/mol. The van der Waals surface area contributed by atoms with E-state index in [1.165, 1.54) is 0 Å². The van der Waals surface area contributed by atoms with Gasteiger partial charge in [0.25, 0.3) is 5.91 Å². The Bertz CT molecular complexity index is 684. The first-order chi connectivity index (χ1) is 10.7. The van der Waals surface area contributed by atoms with Crippen LogP contribution in [0.2, 0.25) is 0 Å². The number of hydrogen-bond donors (Lipinski definition) is 0. The molecule has 0 bridgehead atoms. The minimum absolute atomic E-state index is 0.101. The molecule has 0 aliphatic carbocycles. The summed E-state index contributed by atoms with van der Waals surface area (Å²) in [6.07, 6.45) is 2.07. The van der Waals surface area contributed by atoms with E-state index in [0.29, 0.717) is 13.2 Å². The molecule has 1 aromatic heterocycles. The van der Waals surface area contributed by atoms with Gasteiger partial charge in [-0.1, -0.05) is 18.2 Å². The highest BCUT2D eigenvalue weighted by atomic mass is 16.5. The largest absolute Gasteiger partial charge is 0.380 e. The van der Waals surface area contributed by atoms with E-state index in [1.807, 2.05) is 49.1 Å². The Morgan fingerprint density at radius 2 is 2.23 bits per heavy atom. The van der Waals surface area contributed by atoms with E-state index in [1.54, 1.807) is 0 Å². The Morgan fingerprint density at radius 1 is 1.41 bits per heavy atom.